The molecule has 2 aliphatic heterocycles. The Hall–Kier alpha value is -2.77. The number of piperidine rings is 1. The van der Waals surface area contributed by atoms with Crippen molar-refractivity contribution >= 4 is 11.8 Å². The predicted octanol–water partition coefficient (Wildman–Crippen LogP) is 1.77. The molecule has 2 amide bonds. The second kappa shape index (κ2) is 8.31. The van der Waals surface area contributed by atoms with Crippen LogP contribution in [0, 0.1) is 5.82 Å². The van der Waals surface area contributed by atoms with Gasteiger partial charge in [-0.25, -0.2) is 4.39 Å². The lowest BCUT2D eigenvalue weighted by Crippen LogP contribution is -2.39. The van der Waals surface area contributed by atoms with Crippen LogP contribution in [0.5, 0.6) is 0 Å². The van der Waals surface area contributed by atoms with E-state index < -0.39 is 0 Å². The van der Waals surface area contributed by atoms with Crippen molar-refractivity contribution in [3.05, 3.63) is 47.3 Å². The fourth-order valence-corrected chi connectivity index (χ4v) is 4.28. The second-order valence-corrected chi connectivity index (χ2v) is 7.84. The first-order valence-electron chi connectivity index (χ1n) is 10.2. The summed E-state index contributed by atoms with van der Waals surface area (Å²) in [5, 5.41) is 8.81. The molecule has 3 heterocycles. The topological polar surface area (TPSA) is 71.3 Å². The molecule has 154 valence electrons. The van der Waals surface area contributed by atoms with Crippen LogP contribution in [0.25, 0.3) is 0 Å². The Labute approximate surface area is 169 Å². The van der Waals surface area contributed by atoms with Gasteiger partial charge in [0.15, 0.2) is 0 Å². The van der Waals surface area contributed by atoms with Gasteiger partial charge in [-0.1, -0.05) is 12.1 Å². The average Bonchev–Trinajstić information content (AvgIpc) is 2.98. The van der Waals surface area contributed by atoms with E-state index in [2.05, 4.69) is 14.8 Å². The van der Waals surface area contributed by atoms with Crippen LogP contribution in [-0.4, -0.2) is 62.6 Å². The van der Waals surface area contributed by atoms with Crippen molar-refractivity contribution in [2.24, 2.45) is 0 Å². The standard InChI is InChI=1S/C21H26FN5O2/c1-15(28)25-10-7-19-23-24-21(27(19)12-11-25)17-5-8-26(9-6-17)20(29)14-16-3-2-4-18(22)13-16/h2-4,13,17H,5-12,14H2,1H3. The van der Waals surface area contributed by atoms with Crippen LogP contribution in [0.2, 0.25) is 0 Å². The van der Waals surface area contributed by atoms with E-state index in [1.54, 1.807) is 19.1 Å². The van der Waals surface area contributed by atoms with Crippen LogP contribution < -0.4 is 0 Å². The van der Waals surface area contributed by atoms with Gasteiger partial charge in [0.05, 0.1) is 6.42 Å². The van der Waals surface area contributed by atoms with E-state index >= 15 is 0 Å². The van der Waals surface area contributed by atoms with E-state index in [9.17, 15) is 14.0 Å². The second-order valence-electron chi connectivity index (χ2n) is 7.84. The Morgan fingerprint density at radius 3 is 2.59 bits per heavy atom. The Morgan fingerprint density at radius 1 is 1.07 bits per heavy atom. The minimum atomic E-state index is -0.315. The highest BCUT2D eigenvalue weighted by molar-refractivity contribution is 5.78. The monoisotopic (exact) mass is 399 g/mol. The largest absolute Gasteiger partial charge is 0.342 e. The number of likely N-dealkylation sites (tertiary alicyclic amines) is 1. The summed E-state index contributed by atoms with van der Waals surface area (Å²) in [7, 11) is 0. The SMILES string of the molecule is CC(=O)N1CCc2nnc(C3CCN(C(=O)Cc4cccc(F)c4)CC3)n2CC1. The average molecular weight is 399 g/mol. The van der Waals surface area contributed by atoms with Gasteiger partial charge in [0.25, 0.3) is 0 Å². The fourth-order valence-electron chi connectivity index (χ4n) is 4.28. The molecule has 0 bridgehead atoms. The van der Waals surface area contributed by atoms with Crippen molar-refractivity contribution in [2.75, 3.05) is 26.2 Å². The quantitative estimate of drug-likeness (QED) is 0.789. The summed E-state index contributed by atoms with van der Waals surface area (Å²) in [5.41, 5.74) is 0.704. The molecule has 29 heavy (non-hydrogen) atoms. The smallest absolute Gasteiger partial charge is 0.226 e. The molecule has 0 radical (unpaired) electrons. The summed E-state index contributed by atoms with van der Waals surface area (Å²) in [6, 6.07) is 6.22. The molecule has 1 fully saturated rings. The van der Waals surface area contributed by atoms with Crippen LogP contribution in [0.4, 0.5) is 4.39 Å². The lowest BCUT2D eigenvalue weighted by molar-refractivity contribution is -0.131. The molecule has 7 nitrogen and oxygen atoms in total. The van der Waals surface area contributed by atoms with Crippen molar-refractivity contribution in [1.82, 2.24) is 24.6 Å². The number of halogens is 1. The normalized spacial score (nSPS) is 17.7. The molecular weight excluding hydrogens is 373 g/mol. The molecule has 2 aliphatic rings. The number of fused-ring (bicyclic) bond motifs is 1. The molecule has 0 atom stereocenters. The number of hydrogen-bond donors (Lipinski definition) is 0. The Morgan fingerprint density at radius 2 is 1.86 bits per heavy atom. The number of nitrogens with zero attached hydrogens (tertiary/aromatic N) is 5. The highest BCUT2D eigenvalue weighted by Crippen LogP contribution is 2.28. The molecule has 0 N–H and O–H groups in total. The first-order valence-corrected chi connectivity index (χ1v) is 10.2. The summed E-state index contributed by atoms with van der Waals surface area (Å²) in [6.45, 7) is 5.01. The number of amides is 2. The zero-order valence-electron chi connectivity index (χ0n) is 16.7. The maximum absolute atomic E-state index is 13.3. The van der Waals surface area contributed by atoms with Gasteiger partial charge in [0.2, 0.25) is 11.8 Å². The van der Waals surface area contributed by atoms with Crippen LogP contribution in [0.3, 0.4) is 0 Å². The Balaban J connectivity index is 1.36. The number of rotatable bonds is 3. The van der Waals surface area contributed by atoms with Crippen molar-refractivity contribution in [1.29, 1.82) is 0 Å². The molecule has 8 heteroatoms. The number of carbonyl (C=O) groups is 2. The van der Waals surface area contributed by atoms with Gasteiger partial charge in [-0.2, -0.15) is 0 Å². The van der Waals surface area contributed by atoms with Crippen LogP contribution in [-0.2, 0) is 29.0 Å². The van der Waals surface area contributed by atoms with Crippen molar-refractivity contribution in [3.8, 4) is 0 Å². The highest BCUT2D eigenvalue weighted by Gasteiger charge is 2.29. The van der Waals surface area contributed by atoms with E-state index in [-0.39, 0.29) is 30.0 Å². The maximum Gasteiger partial charge on any atom is 0.226 e. The zero-order chi connectivity index (χ0) is 20.4. The first kappa shape index (κ1) is 19.5. The van der Waals surface area contributed by atoms with Gasteiger partial charge in [-0.15, -0.1) is 10.2 Å². The maximum atomic E-state index is 13.3. The van der Waals surface area contributed by atoms with E-state index in [0.717, 1.165) is 37.5 Å². The minimum Gasteiger partial charge on any atom is -0.342 e. The lowest BCUT2D eigenvalue weighted by Gasteiger charge is -2.32. The number of benzene rings is 1. The fraction of sp³-hybridized carbons (Fsp3) is 0.524. The molecule has 0 spiro atoms. The van der Waals surface area contributed by atoms with E-state index in [1.165, 1.54) is 12.1 Å². The summed E-state index contributed by atoms with van der Waals surface area (Å²) >= 11 is 0. The number of carbonyl (C=O) groups excluding carboxylic acids is 2. The molecule has 1 aromatic carbocycles. The van der Waals surface area contributed by atoms with Crippen molar-refractivity contribution in [2.45, 2.75) is 45.1 Å². The number of hydrogen-bond acceptors (Lipinski definition) is 4. The Bertz CT molecular complexity index is 904. The molecule has 0 aliphatic carbocycles. The van der Waals surface area contributed by atoms with Crippen LogP contribution >= 0.6 is 0 Å². The van der Waals surface area contributed by atoms with Gasteiger partial charge in [0.1, 0.15) is 17.5 Å². The summed E-state index contributed by atoms with van der Waals surface area (Å²) < 4.78 is 15.5. The molecular formula is C21H26FN5O2. The van der Waals surface area contributed by atoms with Crippen molar-refractivity contribution < 1.29 is 14.0 Å². The van der Waals surface area contributed by atoms with Gasteiger partial charge in [-0.3, -0.25) is 9.59 Å². The molecule has 0 saturated carbocycles. The van der Waals surface area contributed by atoms with E-state index in [1.807, 2.05) is 9.80 Å². The van der Waals surface area contributed by atoms with E-state index in [0.29, 0.717) is 31.7 Å². The third-order valence-corrected chi connectivity index (χ3v) is 5.96. The zero-order valence-corrected chi connectivity index (χ0v) is 16.7. The van der Waals surface area contributed by atoms with E-state index in [4.69, 9.17) is 0 Å². The van der Waals surface area contributed by atoms with Gasteiger partial charge >= 0.3 is 0 Å². The van der Waals surface area contributed by atoms with Gasteiger partial charge < -0.3 is 14.4 Å². The van der Waals surface area contributed by atoms with Crippen LogP contribution in [0.1, 0.15) is 42.9 Å². The Kier molecular flexibility index (Phi) is 5.60. The van der Waals surface area contributed by atoms with Crippen LogP contribution in [0.15, 0.2) is 24.3 Å². The first-order chi connectivity index (χ1) is 14.0. The summed E-state index contributed by atoms with van der Waals surface area (Å²) in [6.07, 6.45) is 2.62. The van der Waals surface area contributed by atoms with Gasteiger partial charge in [-0.05, 0) is 30.5 Å². The third kappa shape index (κ3) is 4.31. The van der Waals surface area contributed by atoms with Gasteiger partial charge in [0, 0.05) is 52.0 Å². The number of aromatic nitrogens is 3. The predicted molar refractivity (Wildman–Crippen MR) is 105 cm³/mol. The molecule has 1 aromatic heterocycles. The molecule has 4 rings (SSSR count). The highest BCUT2D eigenvalue weighted by atomic mass is 19.1. The minimum absolute atomic E-state index is 0.0335. The lowest BCUT2D eigenvalue weighted by atomic mass is 9.95. The molecule has 2 aromatic rings. The summed E-state index contributed by atoms with van der Waals surface area (Å²) in [5.74, 6) is 1.99. The van der Waals surface area contributed by atoms with Crippen molar-refractivity contribution in [3.63, 3.8) is 0 Å². The summed E-state index contributed by atoms with van der Waals surface area (Å²) in [4.78, 5) is 28.0. The molecule has 0 unspecified atom stereocenters. The third-order valence-electron chi connectivity index (χ3n) is 5.96. The molecule has 1 saturated heterocycles.